The topological polar surface area (TPSA) is 83.5 Å². The molecule has 6 heteroatoms. The number of carboxylic acids is 1. The second kappa shape index (κ2) is 9.33. The summed E-state index contributed by atoms with van der Waals surface area (Å²) in [5, 5.41) is 17.0. The van der Waals surface area contributed by atoms with E-state index in [1.54, 1.807) is 18.7 Å². The normalized spacial score (nSPS) is 15.9. The molecule has 2 atom stereocenters. The van der Waals surface area contributed by atoms with E-state index in [4.69, 9.17) is 15.9 Å². The number of hydrogen-bond donors (Lipinski definition) is 4. The molecule has 4 N–H and O–H groups in total. The standard InChI is InChI=1S/C5H11NO2S.C4H10OS/c1-9-3-2-4(6)5(7)8;1-3-4(2,5)6/h4H,2-3,6H2,1H3,(H,7,8);5-6H,3H2,1-2H3/t4-;/m0./s1. The molecule has 15 heavy (non-hydrogen) atoms. The molecular weight excluding hydrogens is 234 g/mol. The molecule has 0 saturated carbocycles. The van der Waals surface area contributed by atoms with Crippen LogP contribution in [0.5, 0.6) is 0 Å². The molecule has 0 radical (unpaired) electrons. The van der Waals surface area contributed by atoms with Gasteiger partial charge in [-0.1, -0.05) is 6.92 Å². The van der Waals surface area contributed by atoms with E-state index in [-0.39, 0.29) is 0 Å². The lowest BCUT2D eigenvalue weighted by molar-refractivity contribution is -0.138. The molecule has 1 unspecified atom stereocenters. The highest BCUT2D eigenvalue weighted by molar-refractivity contribution is 7.98. The third-order valence-electron chi connectivity index (χ3n) is 1.62. The van der Waals surface area contributed by atoms with Gasteiger partial charge >= 0.3 is 5.97 Å². The van der Waals surface area contributed by atoms with Gasteiger partial charge in [-0.25, -0.2) is 0 Å². The highest BCUT2D eigenvalue weighted by atomic mass is 32.2. The minimum atomic E-state index is -0.913. The van der Waals surface area contributed by atoms with Gasteiger partial charge < -0.3 is 15.9 Å². The third-order valence-corrected chi connectivity index (χ3v) is 2.58. The fraction of sp³-hybridized carbons (Fsp3) is 0.889. The molecule has 0 aromatic carbocycles. The van der Waals surface area contributed by atoms with Crippen molar-refractivity contribution < 1.29 is 15.0 Å². The van der Waals surface area contributed by atoms with Gasteiger partial charge in [0.1, 0.15) is 11.0 Å². The summed E-state index contributed by atoms with van der Waals surface area (Å²) in [5.74, 6) is -0.1000. The largest absolute Gasteiger partial charge is 0.480 e. The first-order valence-corrected chi connectivity index (χ1v) is 6.50. The van der Waals surface area contributed by atoms with Gasteiger partial charge in [-0.2, -0.15) is 11.8 Å². The second-order valence-corrected chi connectivity index (χ2v) is 5.25. The third kappa shape index (κ3) is 16.7. The maximum Gasteiger partial charge on any atom is 0.320 e. The first-order chi connectivity index (χ1) is 6.74. The molecule has 0 saturated heterocycles. The average molecular weight is 255 g/mol. The van der Waals surface area contributed by atoms with Crippen LogP contribution in [0.2, 0.25) is 0 Å². The zero-order valence-electron chi connectivity index (χ0n) is 9.43. The van der Waals surface area contributed by atoms with Gasteiger partial charge in [0.2, 0.25) is 0 Å². The number of thioether (sulfide) groups is 1. The van der Waals surface area contributed by atoms with Gasteiger partial charge in [-0.05, 0) is 31.8 Å². The summed E-state index contributed by atoms with van der Waals surface area (Å²) < 4.78 is 0. The van der Waals surface area contributed by atoms with Crippen molar-refractivity contribution in [1.29, 1.82) is 0 Å². The van der Waals surface area contributed by atoms with Gasteiger partial charge in [0.25, 0.3) is 0 Å². The summed E-state index contributed by atoms with van der Waals surface area (Å²) in [6, 6.07) is -0.683. The Hall–Kier alpha value is 0.0900. The molecule has 0 aromatic rings. The summed E-state index contributed by atoms with van der Waals surface area (Å²) in [7, 11) is 0. The summed E-state index contributed by atoms with van der Waals surface area (Å²) in [6.45, 7) is 3.54. The quantitative estimate of drug-likeness (QED) is 0.438. The number of rotatable bonds is 5. The van der Waals surface area contributed by atoms with Gasteiger partial charge in [0.05, 0.1) is 0 Å². The number of carbonyl (C=O) groups is 1. The van der Waals surface area contributed by atoms with Gasteiger partial charge in [0, 0.05) is 0 Å². The number of nitrogens with two attached hydrogens (primary N) is 1. The molecular formula is C9H21NO3S2. The Morgan fingerprint density at radius 3 is 2.27 bits per heavy atom. The Morgan fingerprint density at radius 1 is 1.67 bits per heavy atom. The lowest BCUT2D eigenvalue weighted by Crippen LogP contribution is -2.30. The molecule has 4 nitrogen and oxygen atoms in total. The highest BCUT2D eigenvalue weighted by Gasteiger charge is 2.09. The van der Waals surface area contributed by atoms with Crippen LogP contribution in [0, 0.1) is 0 Å². The van der Waals surface area contributed by atoms with Crippen molar-refractivity contribution in [3.63, 3.8) is 0 Å². The lowest BCUT2D eigenvalue weighted by Gasteiger charge is -2.10. The SMILES string of the molecule is CCC(C)(O)S.CSCC[C@H](N)C(=O)O. The minimum absolute atomic E-state index is 0.552. The van der Waals surface area contributed by atoms with Gasteiger partial charge in [0.15, 0.2) is 0 Å². The maximum absolute atomic E-state index is 10.1. The second-order valence-electron chi connectivity index (χ2n) is 3.30. The summed E-state index contributed by atoms with van der Waals surface area (Å²) >= 11 is 5.41. The number of thiol groups is 1. The fourth-order valence-corrected chi connectivity index (χ4v) is 0.858. The molecule has 92 valence electrons. The molecule has 0 fully saturated rings. The molecule has 0 spiro atoms. The van der Waals surface area contributed by atoms with Gasteiger partial charge in [-0.15, -0.1) is 12.6 Å². The molecule has 0 aliphatic rings. The molecule has 0 aromatic heterocycles. The first-order valence-electron chi connectivity index (χ1n) is 4.66. The molecule has 0 heterocycles. The smallest absolute Gasteiger partial charge is 0.320 e. The Balaban J connectivity index is 0. The van der Waals surface area contributed by atoms with Crippen LogP contribution in [0.1, 0.15) is 26.7 Å². The van der Waals surface area contributed by atoms with Crippen LogP contribution in [0.25, 0.3) is 0 Å². The zero-order valence-corrected chi connectivity index (χ0v) is 11.1. The number of hydrogen-bond acceptors (Lipinski definition) is 5. The number of carboxylic acid groups (broad SMARTS) is 1. The van der Waals surface area contributed by atoms with Crippen LogP contribution >= 0.6 is 24.4 Å². The molecule has 0 bridgehead atoms. The number of aliphatic hydroxyl groups is 1. The van der Waals surface area contributed by atoms with Crippen LogP contribution in [-0.4, -0.2) is 39.2 Å². The fourth-order valence-electron chi connectivity index (χ4n) is 0.368. The zero-order chi connectivity index (χ0) is 12.5. The lowest BCUT2D eigenvalue weighted by atomic mass is 10.2. The first kappa shape index (κ1) is 17.5. The summed E-state index contributed by atoms with van der Waals surface area (Å²) in [5.41, 5.74) is 5.19. The van der Waals surface area contributed by atoms with Crippen molar-refractivity contribution in [3.05, 3.63) is 0 Å². The van der Waals surface area contributed by atoms with E-state index in [1.807, 2.05) is 13.2 Å². The number of aliphatic carboxylic acids is 1. The predicted molar refractivity (Wildman–Crippen MR) is 68.5 cm³/mol. The van der Waals surface area contributed by atoms with Crippen molar-refractivity contribution in [2.75, 3.05) is 12.0 Å². The van der Waals surface area contributed by atoms with E-state index in [9.17, 15) is 4.79 Å². The van der Waals surface area contributed by atoms with Crippen molar-refractivity contribution in [1.82, 2.24) is 0 Å². The van der Waals surface area contributed by atoms with Crippen molar-refractivity contribution in [2.45, 2.75) is 37.7 Å². The molecule has 0 amide bonds. The van der Waals surface area contributed by atoms with E-state index in [1.165, 1.54) is 0 Å². The van der Waals surface area contributed by atoms with Gasteiger partial charge in [-0.3, -0.25) is 4.79 Å². The Kier molecular flexibility index (Phi) is 10.9. The van der Waals surface area contributed by atoms with Crippen molar-refractivity contribution in [3.8, 4) is 0 Å². The van der Waals surface area contributed by atoms with E-state index < -0.39 is 16.9 Å². The Labute approximate surface area is 101 Å². The van der Waals surface area contributed by atoms with Crippen LogP contribution in [0.4, 0.5) is 0 Å². The van der Waals surface area contributed by atoms with Crippen molar-refractivity contribution >= 4 is 30.4 Å². The van der Waals surface area contributed by atoms with E-state index in [2.05, 4.69) is 12.6 Å². The summed E-state index contributed by atoms with van der Waals surface area (Å²) in [6.07, 6.45) is 3.17. The maximum atomic E-state index is 10.1. The van der Waals surface area contributed by atoms with Crippen LogP contribution < -0.4 is 5.73 Å². The minimum Gasteiger partial charge on any atom is -0.480 e. The molecule has 0 rings (SSSR count). The predicted octanol–water partition coefficient (Wildman–Crippen LogP) is 1.19. The average Bonchev–Trinajstić information content (AvgIpc) is 2.13. The Bertz CT molecular complexity index is 171. The van der Waals surface area contributed by atoms with Crippen LogP contribution in [0.15, 0.2) is 0 Å². The molecule has 0 aliphatic carbocycles. The van der Waals surface area contributed by atoms with E-state index in [0.29, 0.717) is 12.8 Å². The van der Waals surface area contributed by atoms with Crippen LogP contribution in [-0.2, 0) is 4.79 Å². The van der Waals surface area contributed by atoms with Crippen molar-refractivity contribution in [2.24, 2.45) is 5.73 Å². The van der Waals surface area contributed by atoms with E-state index in [0.717, 1.165) is 5.75 Å². The summed E-state index contributed by atoms with van der Waals surface area (Å²) in [4.78, 5) is 9.31. The highest BCUT2D eigenvalue weighted by Crippen LogP contribution is 2.10. The monoisotopic (exact) mass is 255 g/mol. The Morgan fingerprint density at radius 2 is 2.07 bits per heavy atom. The molecule has 0 aliphatic heterocycles. The van der Waals surface area contributed by atoms with E-state index >= 15 is 0 Å². The van der Waals surface area contributed by atoms with Crippen LogP contribution in [0.3, 0.4) is 0 Å².